The fourth-order valence-corrected chi connectivity index (χ4v) is 5.42. The predicted molar refractivity (Wildman–Crippen MR) is 96.6 cm³/mol. The number of hydrogen-bond acceptors (Lipinski definition) is 5. The van der Waals surface area contributed by atoms with Gasteiger partial charge in [0.05, 0.1) is 10.5 Å². The van der Waals surface area contributed by atoms with E-state index < -0.39 is 26.0 Å². The minimum absolute atomic E-state index is 0.0509. The third-order valence-electron chi connectivity index (χ3n) is 3.74. The number of carbonyl (C=O) groups is 1. The van der Waals surface area contributed by atoms with Crippen LogP contribution in [-0.2, 0) is 20.0 Å². The van der Waals surface area contributed by atoms with Crippen molar-refractivity contribution < 1.29 is 21.6 Å². The van der Waals surface area contributed by atoms with Gasteiger partial charge in [-0.05, 0) is 43.2 Å². The normalized spacial score (nSPS) is 18.1. The first kappa shape index (κ1) is 18.6. The van der Waals surface area contributed by atoms with Gasteiger partial charge in [-0.1, -0.05) is 29.8 Å². The molecule has 1 N–H and O–H groups in total. The van der Waals surface area contributed by atoms with Crippen molar-refractivity contribution in [1.29, 1.82) is 0 Å². The highest BCUT2D eigenvalue weighted by Gasteiger charge is 2.32. The Kier molecular flexibility index (Phi) is 4.41. The lowest BCUT2D eigenvalue weighted by molar-refractivity contribution is 0.0985. The monoisotopic (exact) mass is 412 g/mol. The zero-order chi connectivity index (χ0) is 19.3. The number of nitrogens with zero attached hydrogens (tertiary/aromatic N) is 1. The van der Waals surface area contributed by atoms with Crippen LogP contribution in [0.3, 0.4) is 0 Å². The maximum atomic E-state index is 11.3. The summed E-state index contributed by atoms with van der Waals surface area (Å²) in [4.78, 5) is 11.4. The molecule has 0 bridgehead atoms. The molecular formula is C16H13ClN2O5S2. The van der Waals surface area contributed by atoms with Crippen LogP contribution in [0.2, 0.25) is 0 Å². The van der Waals surface area contributed by atoms with Gasteiger partial charge in [0.15, 0.2) is 5.17 Å². The van der Waals surface area contributed by atoms with Crippen molar-refractivity contribution in [3.8, 4) is 0 Å². The van der Waals surface area contributed by atoms with Crippen LogP contribution in [0.4, 0.5) is 0 Å². The van der Waals surface area contributed by atoms with E-state index in [9.17, 15) is 21.6 Å². The number of carbonyl (C=O) groups excluding carboxylic acids is 1. The molecule has 2 heterocycles. The summed E-state index contributed by atoms with van der Waals surface area (Å²) < 4.78 is 50.6. The van der Waals surface area contributed by atoms with E-state index in [1.807, 2.05) is 11.6 Å². The molecule has 0 unspecified atom stereocenters. The average molecular weight is 413 g/mol. The lowest BCUT2D eigenvalue weighted by atomic mass is 10.1. The Bertz CT molecular complexity index is 1180. The van der Waals surface area contributed by atoms with Gasteiger partial charge < -0.3 is 0 Å². The molecule has 0 saturated carbocycles. The maximum absolute atomic E-state index is 11.3. The van der Waals surface area contributed by atoms with E-state index in [2.05, 4.69) is 4.40 Å². The van der Waals surface area contributed by atoms with E-state index in [1.165, 1.54) is 12.1 Å². The van der Waals surface area contributed by atoms with Crippen molar-refractivity contribution in [2.24, 2.45) is 4.40 Å². The number of sulfonamides is 2. The lowest BCUT2D eigenvalue weighted by Crippen LogP contribution is -2.20. The molecule has 2 aromatic rings. The smallest absolute Gasteiger partial charge is 0.268 e. The highest BCUT2D eigenvalue weighted by Crippen LogP contribution is 2.28. The third-order valence-corrected chi connectivity index (χ3v) is 6.81. The molecule has 0 saturated heterocycles. The minimum atomic E-state index is -3.58. The first-order valence-corrected chi connectivity index (χ1v) is 10.6. The molecule has 7 nitrogen and oxygen atoms in total. The van der Waals surface area contributed by atoms with E-state index in [1.54, 1.807) is 31.2 Å². The molecule has 0 aromatic heterocycles. The van der Waals surface area contributed by atoms with E-state index in [0.717, 1.165) is 11.1 Å². The molecule has 0 atom stereocenters. The second kappa shape index (κ2) is 6.19. The summed E-state index contributed by atoms with van der Waals surface area (Å²) in [6, 6.07) is 9.76. The van der Waals surface area contributed by atoms with Crippen molar-refractivity contribution in [2.75, 3.05) is 0 Å². The van der Waals surface area contributed by atoms with Crippen LogP contribution < -0.4 is 4.72 Å². The molecule has 26 heavy (non-hydrogen) atoms. The molecule has 136 valence electrons. The van der Waals surface area contributed by atoms with Crippen molar-refractivity contribution >= 4 is 42.7 Å². The van der Waals surface area contributed by atoms with Crippen LogP contribution in [0, 0.1) is 13.8 Å². The van der Waals surface area contributed by atoms with Gasteiger partial charge in [-0.3, -0.25) is 4.79 Å². The van der Waals surface area contributed by atoms with Gasteiger partial charge >= 0.3 is 0 Å². The van der Waals surface area contributed by atoms with Crippen molar-refractivity contribution in [1.82, 2.24) is 4.72 Å². The van der Waals surface area contributed by atoms with Crippen molar-refractivity contribution in [3.05, 3.63) is 58.7 Å². The van der Waals surface area contributed by atoms with E-state index >= 15 is 0 Å². The van der Waals surface area contributed by atoms with Crippen LogP contribution in [-0.4, -0.2) is 27.9 Å². The summed E-state index contributed by atoms with van der Waals surface area (Å²) in [7, 11) is -7.10. The maximum Gasteiger partial charge on any atom is 0.284 e. The second-order valence-corrected chi connectivity index (χ2v) is 9.37. The van der Waals surface area contributed by atoms with Gasteiger partial charge in [-0.2, -0.15) is 8.42 Å². The van der Waals surface area contributed by atoms with Crippen LogP contribution >= 0.6 is 11.6 Å². The Hall–Kier alpha value is -2.23. The Morgan fingerprint density at radius 1 is 0.885 bits per heavy atom. The number of halogens is 1. The number of nitrogens with one attached hydrogen (secondary N) is 1. The first-order valence-electron chi connectivity index (χ1n) is 7.30. The Labute approximate surface area is 155 Å². The Morgan fingerprint density at radius 3 is 2.04 bits per heavy atom. The predicted octanol–water partition coefficient (Wildman–Crippen LogP) is 2.11. The third kappa shape index (κ3) is 3.25. The van der Waals surface area contributed by atoms with Crippen LogP contribution in [0.1, 0.15) is 27.0 Å². The second-order valence-electron chi connectivity index (χ2n) is 5.79. The Morgan fingerprint density at radius 2 is 1.42 bits per heavy atom. The summed E-state index contributed by atoms with van der Waals surface area (Å²) in [5.41, 5.74) is 2.42. The van der Waals surface area contributed by atoms with Gasteiger partial charge in [0.1, 0.15) is 4.90 Å². The number of fused-ring (bicyclic) bond motifs is 2. The standard InChI is InChI=1S/C8H6ClNO2S.C8H7NO3S/c1-5-2-3-6-7(4-5)13(11,12)10-8(6)9;1-5-2-3-6-7(4-5)13(11,12)9-8(6)10/h2-4H,1H3;2-4H,1H3,(H,9,10). The Balaban J connectivity index is 0.000000151. The van der Waals surface area contributed by atoms with Gasteiger partial charge in [0.2, 0.25) is 0 Å². The topological polar surface area (TPSA) is 110 Å². The zero-order valence-electron chi connectivity index (χ0n) is 13.6. The highest BCUT2D eigenvalue weighted by molar-refractivity contribution is 7.91. The largest absolute Gasteiger partial charge is 0.284 e. The number of rotatable bonds is 0. The highest BCUT2D eigenvalue weighted by atomic mass is 35.5. The SMILES string of the molecule is Cc1ccc2c(c1)S(=O)(=O)N=C2Cl.Cc1ccc2c(c1)S(=O)(=O)NC2=O. The summed E-state index contributed by atoms with van der Waals surface area (Å²) >= 11 is 5.65. The minimum Gasteiger partial charge on any atom is -0.268 e. The molecule has 1 amide bonds. The molecular weight excluding hydrogens is 400 g/mol. The van der Waals surface area contributed by atoms with Crippen LogP contribution in [0.5, 0.6) is 0 Å². The molecule has 2 aromatic carbocycles. The van der Waals surface area contributed by atoms with Gasteiger partial charge in [-0.15, -0.1) is 4.40 Å². The number of hydrogen-bond donors (Lipinski definition) is 1. The molecule has 0 fully saturated rings. The molecule has 2 aliphatic heterocycles. The number of aryl methyl sites for hydroxylation is 2. The molecule has 2 aliphatic rings. The fourth-order valence-electron chi connectivity index (χ4n) is 2.49. The van der Waals surface area contributed by atoms with E-state index in [0.29, 0.717) is 5.56 Å². The fraction of sp³-hybridized carbons (Fsp3) is 0.125. The quantitative estimate of drug-likeness (QED) is 0.712. The van der Waals surface area contributed by atoms with Crippen LogP contribution in [0.15, 0.2) is 50.6 Å². The zero-order valence-corrected chi connectivity index (χ0v) is 16.0. The van der Waals surface area contributed by atoms with Gasteiger partial charge in [0.25, 0.3) is 26.0 Å². The van der Waals surface area contributed by atoms with E-state index in [-0.39, 0.29) is 20.5 Å². The van der Waals surface area contributed by atoms with Crippen LogP contribution in [0.25, 0.3) is 0 Å². The van der Waals surface area contributed by atoms with Crippen molar-refractivity contribution in [3.63, 3.8) is 0 Å². The molecule has 0 radical (unpaired) electrons. The summed E-state index contributed by atoms with van der Waals surface area (Å²) in [6.45, 7) is 3.60. The summed E-state index contributed by atoms with van der Waals surface area (Å²) in [6.07, 6.45) is 0. The van der Waals surface area contributed by atoms with Gasteiger partial charge in [-0.25, -0.2) is 13.1 Å². The molecule has 4 rings (SSSR count). The molecule has 0 aliphatic carbocycles. The summed E-state index contributed by atoms with van der Waals surface area (Å²) in [5.74, 6) is -0.546. The first-order chi connectivity index (χ1) is 12.0. The summed E-state index contributed by atoms with van der Waals surface area (Å²) in [5, 5.41) is 0.0509. The average Bonchev–Trinajstić information content (AvgIpc) is 2.89. The van der Waals surface area contributed by atoms with Crippen molar-refractivity contribution in [2.45, 2.75) is 23.6 Å². The van der Waals surface area contributed by atoms with Gasteiger partial charge in [0, 0.05) is 5.56 Å². The number of benzene rings is 2. The van der Waals surface area contributed by atoms with E-state index in [4.69, 9.17) is 11.6 Å². The molecule has 0 spiro atoms. The number of amides is 1. The molecule has 10 heteroatoms. The lowest BCUT2D eigenvalue weighted by Gasteiger charge is -1.97.